The van der Waals surface area contributed by atoms with E-state index in [2.05, 4.69) is 11.0 Å². The van der Waals surface area contributed by atoms with Crippen LogP contribution in [0.3, 0.4) is 0 Å². The van der Waals surface area contributed by atoms with Gasteiger partial charge in [0.1, 0.15) is 0 Å². The first-order chi connectivity index (χ1) is 8.77. The molecule has 18 heavy (non-hydrogen) atoms. The Morgan fingerprint density at radius 1 is 1.33 bits per heavy atom. The van der Waals surface area contributed by atoms with Crippen LogP contribution in [0.5, 0.6) is 0 Å². The van der Waals surface area contributed by atoms with Crippen LogP contribution in [-0.4, -0.2) is 24.3 Å². The molecule has 1 fully saturated rings. The third-order valence-corrected chi connectivity index (χ3v) is 4.05. The van der Waals surface area contributed by atoms with E-state index in [0.717, 1.165) is 35.7 Å². The molecule has 0 aromatic heterocycles. The Labute approximate surface area is 114 Å². The first-order valence-electron chi connectivity index (χ1n) is 6.63. The third kappa shape index (κ3) is 2.79. The lowest BCUT2D eigenvalue weighted by molar-refractivity contribution is 0.255. The van der Waals surface area contributed by atoms with E-state index in [1.165, 1.54) is 12.8 Å². The van der Waals surface area contributed by atoms with Gasteiger partial charge in [0.15, 0.2) is 0 Å². The normalized spacial score (nSPS) is 20.8. The molecule has 0 radical (unpaired) electrons. The Balaban J connectivity index is 2.35. The van der Waals surface area contributed by atoms with E-state index in [0.29, 0.717) is 6.54 Å². The van der Waals surface area contributed by atoms with E-state index >= 15 is 0 Å². The Morgan fingerprint density at radius 3 is 2.89 bits per heavy atom. The van der Waals surface area contributed by atoms with Crippen molar-refractivity contribution in [1.29, 1.82) is 0 Å². The Hall–Kier alpha value is -0.770. The summed E-state index contributed by atoms with van der Waals surface area (Å²) in [6, 6.07) is 6.08. The molecule has 1 atom stereocenters. The van der Waals surface area contributed by atoms with Crippen LogP contribution in [0.1, 0.15) is 31.2 Å². The molecule has 4 heteroatoms. The van der Waals surface area contributed by atoms with Crippen molar-refractivity contribution in [2.75, 3.05) is 18.1 Å². The summed E-state index contributed by atoms with van der Waals surface area (Å²) in [5.41, 5.74) is 7.88. The second kappa shape index (κ2) is 6.41. The van der Waals surface area contributed by atoms with Gasteiger partial charge in [-0.05, 0) is 25.0 Å². The molecule has 1 heterocycles. The zero-order valence-electron chi connectivity index (χ0n) is 10.6. The third-order valence-electron chi connectivity index (χ3n) is 3.70. The first-order valence-corrected chi connectivity index (χ1v) is 7.00. The molecule has 1 aromatic rings. The van der Waals surface area contributed by atoms with Crippen molar-refractivity contribution >= 4 is 17.3 Å². The number of nitrogens with zero attached hydrogens (tertiary/aromatic N) is 1. The van der Waals surface area contributed by atoms with Gasteiger partial charge in [-0.2, -0.15) is 0 Å². The van der Waals surface area contributed by atoms with Gasteiger partial charge in [0.05, 0.1) is 12.6 Å². The number of aliphatic hydroxyl groups is 1. The molecular weight excluding hydrogens is 248 g/mol. The standard InChI is InChI=1S/C14H21ClN2O/c15-13-6-4-7-14(12(13)9-16)17-8-3-1-2-5-11(17)10-18/h4,6-7,11,18H,1-3,5,8-10,16H2. The fraction of sp³-hybridized carbons (Fsp3) is 0.571. The van der Waals surface area contributed by atoms with Gasteiger partial charge in [-0.1, -0.05) is 30.5 Å². The predicted molar refractivity (Wildman–Crippen MR) is 76.0 cm³/mol. The second-order valence-electron chi connectivity index (χ2n) is 4.82. The zero-order valence-corrected chi connectivity index (χ0v) is 11.4. The minimum atomic E-state index is 0.191. The number of hydrogen-bond acceptors (Lipinski definition) is 3. The maximum absolute atomic E-state index is 9.57. The molecule has 1 saturated heterocycles. The van der Waals surface area contributed by atoms with Gasteiger partial charge < -0.3 is 15.7 Å². The molecule has 0 spiro atoms. The summed E-state index contributed by atoms with van der Waals surface area (Å²) in [5, 5.41) is 10.3. The molecule has 2 rings (SSSR count). The maximum atomic E-state index is 9.57. The smallest absolute Gasteiger partial charge is 0.0635 e. The van der Waals surface area contributed by atoms with Gasteiger partial charge in [0, 0.05) is 29.4 Å². The summed E-state index contributed by atoms with van der Waals surface area (Å²) >= 11 is 6.21. The molecule has 3 nitrogen and oxygen atoms in total. The lowest BCUT2D eigenvalue weighted by atomic mass is 10.1. The van der Waals surface area contributed by atoms with Gasteiger partial charge in [-0.15, -0.1) is 0 Å². The fourth-order valence-electron chi connectivity index (χ4n) is 2.70. The second-order valence-corrected chi connectivity index (χ2v) is 5.23. The molecular formula is C14H21ClN2O. The Bertz CT molecular complexity index is 397. The van der Waals surface area contributed by atoms with Crippen LogP contribution in [0.15, 0.2) is 18.2 Å². The summed E-state index contributed by atoms with van der Waals surface area (Å²) in [4.78, 5) is 2.28. The molecule has 0 amide bonds. The number of halogens is 1. The van der Waals surface area contributed by atoms with Crippen molar-refractivity contribution in [1.82, 2.24) is 0 Å². The van der Waals surface area contributed by atoms with Crippen LogP contribution in [0.2, 0.25) is 5.02 Å². The molecule has 1 aliphatic heterocycles. The van der Waals surface area contributed by atoms with E-state index in [4.69, 9.17) is 17.3 Å². The molecule has 0 saturated carbocycles. The minimum Gasteiger partial charge on any atom is -0.394 e. The van der Waals surface area contributed by atoms with Crippen LogP contribution >= 0.6 is 11.6 Å². The van der Waals surface area contributed by atoms with Gasteiger partial charge in [0.2, 0.25) is 0 Å². The SMILES string of the molecule is NCc1c(Cl)cccc1N1CCCCCC1CO. The highest BCUT2D eigenvalue weighted by Gasteiger charge is 2.22. The summed E-state index contributed by atoms with van der Waals surface area (Å²) in [7, 11) is 0. The van der Waals surface area contributed by atoms with Crippen LogP contribution in [0.4, 0.5) is 5.69 Å². The van der Waals surface area contributed by atoms with Crippen LogP contribution in [0.25, 0.3) is 0 Å². The molecule has 1 aliphatic rings. The molecule has 3 N–H and O–H groups in total. The van der Waals surface area contributed by atoms with Gasteiger partial charge in [0.25, 0.3) is 0 Å². The highest BCUT2D eigenvalue weighted by atomic mass is 35.5. The highest BCUT2D eigenvalue weighted by molar-refractivity contribution is 6.31. The molecule has 1 unspecified atom stereocenters. The van der Waals surface area contributed by atoms with Crippen molar-refractivity contribution in [3.63, 3.8) is 0 Å². The molecule has 0 aliphatic carbocycles. The van der Waals surface area contributed by atoms with E-state index in [1.54, 1.807) is 0 Å². The largest absolute Gasteiger partial charge is 0.394 e. The topological polar surface area (TPSA) is 49.5 Å². The van der Waals surface area contributed by atoms with Gasteiger partial charge in [-0.3, -0.25) is 0 Å². The first kappa shape index (κ1) is 13.7. The fourth-order valence-corrected chi connectivity index (χ4v) is 2.95. The van der Waals surface area contributed by atoms with E-state index in [9.17, 15) is 5.11 Å². The number of nitrogens with two attached hydrogens (primary N) is 1. The number of anilines is 1. The van der Waals surface area contributed by atoms with Crippen LogP contribution in [-0.2, 0) is 6.54 Å². The number of aliphatic hydroxyl groups excluding tert-OH is 1. The van der Waals surface area contributed by atoms with Gasteiger partial charge >= 0.3 is 0 Å². The summed E-state index contributed by atoms with van der Waals surface area (Å²) in [5.74, 6) is 0. The maximum Gasteiger partial charge on any atom is 0.0635 e. The summed E-state index contributed by atoms with van der Waals surface area (Å²) in [6.45, 7) is 1.60. The quantitative estimate of drug-likeness (QED) is 0.886. The Morgan fingerprint density at radius 2 is 2.17 bits per heavy atom. The monoisotopic (exact) mass is 268 g/mol. The van der Waals surface area contributed by atoms with Crippen LogP contribution < -0.4 is 10.6 Å². The van der Waals surface area contributed by atoms with Crippen molar-refractivity contribution in [3.8, 4) is 0 Å². The van der Waals surface area contributed by atoms with E-state index < -0.39 is 0 Å². The zero-order chi connectivity index (χ0) is 13.0. The van der Waals surface area contributed by atoms with E-state index in [1.807, 2.05) is 12.1 Å². The average molecular weight is 269 g/mol. The number of rotatable bonds is 3. The molecule has 100 valence electrons. The molecule has 1 aromatic carbocycles. The van der Waals surface area contributed by atoms with E-state index in [-0.39, 0.29) is 12.6 Å². The van der Waals surface area contributed by atoms with Crippen molar-refractivity contribution in [2.24, 2.45) is 5.73 Å². The number of benzene rings is 1. The van der Waals surface area contributed by atoms with Crippen molar-refractivity contribution in [3.05, 3.63) is 28.8 Å². The highest BCUT2D eigenvalue weighted by Crippen LogP contribution is 2.31. The predicted octanol–water partition coefficient (Wildman–Crippen LogP) is 2.54. The summed E-state index contributed by atoms with van der Waals surface area (Å²) in [6.07, 6.45) is 4.60. The average Bonchev–Trinajstić information content (AvgIpc) is 2.63. The van der Waals surface area contributed by atoms with Crippen LogP contribution in [0, 0.1) is 0 Å². The lowest BCUT2D eigenvalue weighted by Crippen LogP contribution is -2.38. The Kier molecular flexibility index (Phi) is 4.87. The van der Waals surface area contributed by atoms with Crippen molar-refractivity contribution in [2.45, 2.75) is 38.3 Å². The lowest BCUT2D eigenvalue weighted by Gasteiger charge is -2.32. The minimum absolute atomic E-state index is 0.191. The number of hydrogen-bond donors (Lipinski definition) is 2. The molecule has 0 bridgehead atoms. The van der Waals surface area contributed by atoms with Crippen molar-refractivity contribution < 1.29 is 5.11 Å². The van der Waals surface area contributed by atoms with Gasteiger partial charge in [-0.25, -0.2) is 0 Å². The summed E-state index contributed by atoms with van der Waals surface area (Å²) < 4.78 is 0.